The minimum atomic E-state index is -0.0319. The summed E-state index contributed by atoms with van der Waals surface area (Å²) in [5.41, 5.74) is 2.04. The van der Waals surface area contributed by atoms with Crippen LogP contribution in [0.1, 0.15) is 11.1 Å². The van der Waals surface area contributed by atoms with Gasteiger partial charge in [0.2, 0.25) is 5.91 Å². The van der Waals surface area contributed by atoms with E-state index in [4.69, 9.17) is 39.5 Å². The van der Waals surface area contributed by atoms with E-state index in [9.17, 15) is 4.79 Å². The zero-order chi connectivity index (χ0) is 18.2. The van der Waals surface area contributed by atoms with E-state index in [1.165, 1.54) is 11.8 Å². The first-order valence-electron chi connectivity index (χ1n) is 7.63. The summed E-state index contributed by atoms with van der Waals surface area (Å²) in [6, 6.07) is 11.0. The molecule has 1 amide bonds. The summed E-state index contributed by atoms with van der Waals surface area (Å²) in [7, 11) is 0. The molecule has 0 unspecified atom stereocenters. The first-order valence-corrected chi connectivity index (χ1v) is 9.92. The van der Waals surface area contributed by atoms with E-state index in [0.29, 0.717) is 45.5 Å². The summed E-state index contributed by atoms with van der Waals surface area (Å²) in [6.07, 6.45) is 0. The molecular weight excluding hydrogens is 401 g/mol. The quantitative estimate of drug-likeness (QED) is 0.585. The van der Waals surface area contributed by atoms with Crippen LogP contribution in [-0.2, 0) is 10.5 Å². The largest absolute Gasteiger partial charge is 0.492 e. The van der Waals surface area contributed by atoms with Crippen molar-refractivity contribution < 1.29 is 9.53 Å². The Balaban J connectivity index is 1.62. The lowest BCUT2D eigenvalue weighted by Crippen LogP contribution is -2.29. The fourth-order valence-electron chi connectivity index (χ4n) is 1.96. The smallest absolute Gasteiger partial charge is 0.230 e. The van der Waals surface area contributed by atoms with E-state index < -0.39 is 0 Å². The maximum Gasteiger partial charge on any atom is 0.230 e. The van der Waals surface area contributed by atoms with Crippen molar-refractivity contribution in [2.75, 3.05) is 18.9 Å². The molecule has 3 nitrogen and oxygen atoms in total. The molecule has 0 spiro atoms. The van der Waals surface area contributed by atoms with Crippen molar-refractivity contribution in [3.8, 4) is 5.75 Å². The molecule has 2 rings (SSSR count). The van der Waals surface area contributed by atoms with Crippen LogP contribution in [0.2, 0.25) is 15.1 Å². The van der Waals surface area contributed by atoms with Crippen molar-refractivity contribution in [1.82, 2.24) is 5.32 Å². The summed E-state index contributed by atoms with van der Waals surface area (Å²) >= 11 is 19.4. The number of aryl methyl sites for hydroxylation is 1. The molecule has 1 N–H and O–H groups in total. The van der Waals surface area contributed by atoms with Crippen LogP contribution in [0, 0.1) is 6.92 Å². The molecule has 25 heavy (non-hydrogen) atoms. The number of thioether (sulfide) groups is 1. The van der Waals surface area contributed by atoms with Crippen molar-refractivity contribution >= 4 is 52.5 Å². The van der Waals surface area contributed by atoms with Crippen molar-refractivity contribution in [3.05, 3.63) is 62.6 Å². The normalized spacial score (nSPS) is 10.6. The number of benzene rings is 2. The average Bonchev–Trinajstić information content (AvgIpc) is 2.58. The minimum Gasteiger partial charge on any atom is -0.492 e. The van der Waals surface area contributed by atoms with Crippen molar-refractivity contribution in [2.45, 2.75) is 12.7 Å². The second-order valence-electron chi connectivity index (χ2n) is 5.35. The van der Waals surface area contributed by atoms with Gasteiger partial charge in [0.25, 0.3) is 0 Å². The van der Waals surface area contributed by atoms with Crippen LogP contribution in [0.15, 0.2) is 36.4 Å². The highest BCUT2D eigenvalue weighted by Crippen LogP contribution is 2.24. The number of hydrogen-bond donors (Lipinski definition) is 1. The number of halogens is 3. The molecule has 0 radical (unpaired) electrons. The topological polar surface area (TPSA) is 38.3 Å². The number of carbonyl (C=O) groups excluding carboxylic acids is 1. The molecule has 0 bridgehead atoms. The van der Waals surface area contributed by atoms with Gasteiger partial charge in [0.15, 0.2) is 0 Å². The zero-order valence-corrected chi connectivity index (χ0v) is 16.7. The molecule has 0 saturated carbocycles. The Morgan fingerprint density at radius 3 is 2.60 bits per heavy atom. The van der Waals surface area contributed by atoms with Gasteiger partial charge in [0.05, 0.1) is 22.3 Å². The Morgan fingerprint density at radius 1 is 1.08 bits per heavy atom. The molecule has 2 aromatic carbocycles. The van der Waals surface area contributed by atoms with Crippen LogP contribution in [0.5, 0.6) is 5.75 Å². The van der Waals surface area contributed by atoms with Crippen LogP contribution in [0.3, 0.4) is 0 Å². The summed E-state index contributed by atoms with van der Waals surface area (Å²) in [4.78, 5) is 11.8. The number of carbonyl (C=O) groups is 1. The predicted octanol–water partition coefficient (Wildman–Crippen LogP) is 5.38. The fourth-order valence-corrected chi connectivity index (χ4v) is 3.26. The van der Waals surface area contributed by atoms with Crippen LogP contribution >= 0.6 is 46.6 Å². The lowest BCUT2D eigenvalue weighted by molar-refractivity contribution is -0.118. The summed E-state index contributed by atoms with van der Waals surface area (Å²) < 4.78 is 5.56. The van der Waals surface area contributed by atoms with Gasteiger partial charge in [-0.3, -0.25) is 4.79 Å². The van der Waals surface area contributed by atoms with Crippen LogP contribution in [0.25, 0.3) is 0 Å². The van der Waals surface area contributed by atoms with Gasteiger partial charge in [0, 0.05) is 10.8 Å². The highest BCUT2D eigenvalue weighted by atomic mass is 35.5. The van der Waals surface area contributed by atoms with Gasteiger partial charge in [-0.1, -0.05) is 46.9 Å². The number of nitrogens with one attached hydrogen (secondary N) is 1. The van der Waals surface area contributed by atoms with Gasteiger partial charge >= 0.3 is 0 Å². The number of ether oxygens (including phenoxy) is 1. The highest BCUT2D eigenvalue weighted by molar-refractivity contribution is 7.99. The van der Waals surface area contributed by atoms with Gasteiger partial charge in [-0.2, -0.15) is 0 Å². The third-order valence-corrected chi connectivity index (χ3v) is 5.47. The third-order valence-electron chi connectivity index (χ3n) is 3.32. The van der Waals surface area contributed by atoms with Crippen LogP contribution in [0.4, 0.5) is 0 Å². The highest BCUT2D eigenvalue weighted by Gasteiger charge is 2.04. The third kappa shape index (κ3) is 6.98. The maximum absolute atomic E-state index is 11.8. The zero-order valence-electron chi connectivity index (χ0n) is 13.7. The Morgan fingerprint density at radius 2 is 1.88 bits per heavy atom. The monoisotopic (exact) mass is 417 g/mol. The molecule has 0 heterocycles. The summed E-state index contributed by atoms with van der Waals surface area (Å²) in [5.74, 6) is 1.73. The van der Waals surface area contributed by atoms with Crippen molar-refractivity contribution in [1.29, 1.82) is 0 Å². The van der Waals surface area contributed by atoms with Crippen molar-refractivity contribution in [2.24, 2.45) is 0 Å². The van der Waals surface area contributed by atoms with E-state index in [2.05, 4.69) is 5.32 Å². The van der Waals surface area contributed by atoms with E-state index in [0.717, 1.165) is 11.1 Å². The number of amides is 1. The molecule has 0 aliphatic rings. The second-order valence-corrected chi connectivity index (χ2v) is 7.56. The molecule has 0 aliphatic heterocycles. The summed E-state index contributed by atoms with van der Waals surface area (Å²) in [5, 5.41) is 4.54. The molecule has 0 aromatic heterocycles. The van der Waals surface area contributed by atoms with E-state index >= 15 is 0 Å². The maximum atomic E-state index is 11.8. The van der Waals surface area contributed by atoms with Gasteiger partial charge < -0.3 is 10.1 Å². The lowest BCUT2D eigenvalue weighted by Gasteiger charge is -2.09. The molecule has 134 valence electrons. The molecule has 0 saturated heterocycles. The standard InChI is InChI=1S/C18H18Cl3NO2S/c1-12-2-4-14(9-16(12)20)24-7-6-22-18(23)11-25-10-13-3-5-15(19)17(21)8-13/h2-5,8-9H,6-7,10-11H2,1H3,(H,22,23). The Hall–Kier alpha value is -1.07. The second kappa shape index (κ2) is 10.2. The predicted molar refractivity (Wildman–Crippen MR) is 107 cm³/mol. The average molecular weight is 419 g/mol. The van der Waals surface area contributed by atoms with Gasteiger partial charge in [0.1, 0.15) is 12.4 Å². The van der Waals surface area contributed by atoms with Crippen LogP contribution in [-0.4, -0.2) is 24.8 Å². The van der Waals surface area contributed by atoms with Gasteiger partial charge in [-0.05, 0) is 42.3 Å². The fraction of sp³-hybridized carbons (Fsp3) is 0.278. The van der Waals surface area contributed by atoms with E-state index in [1.807, 2.05) is 31.2 Å². The lowest BCUT2D eigenvalue weighted by atomic mass is 10.2. The minimum absolute atomic E-state index is 0.0319. The van der Waals surface area contributed by atoms with Gasteiger partial charge in [-0.15, -0.1) is 11.8 Å². The molecule has 0 fully saturated rings. The van der Waals surface area contributed by atoms with Gasteiger partial charge in [-0.25, -0.2) is 0 Å². The molecule has 2 aromatic rings. The first-order chi connectivity index (χ1) is 12.0. The molecular formula is C18H18Cl3NO2S. The molecule has 0 atom stereocenters. The Labute approximate surface area is 167 Å². The van der Waals surface area contributed by atoms with Crippen LogP contribution < -0.4 is 10.1 Å². The molecule has 0 aliphatic carbocycles. The van der Waals surface area contributed by atoms with Crippen molar-refractivity contribution in [3.63, 3.8) is 0 Å². The van der Waals surface area contributed by atoms with E-state index in [-0.39, 0.29) is 5.91 Å². The Bertz CT molecular complexity index is 740. The number of rotatable bonds is 8. The molecule has 7 heteroatoms. The first kappa shape index (κ1) is 20.2. The van der Waals surface area contributed by atoms with E-state index in [1.54, 1.807) is 12.1 Å². The number of hydrogen-bond acceptors (Lipinski definition) is 3. The Kier molecular flexibility index (Phi) is 8.24. The SMILES string of the molecule is Cc1ccc(OCCNC(=O)CSCc2ccc(Cl)c(Cl)c2)cc1Cl. The summed E-state index contributed by atoms with van der Waals surface area (Å²) in [6.45, 7) is 2.77.